The molecule has 4 rings (SSSR count). The Morgan fingerprint density at radius 2 is 1.78 bits per heavy atom. The van der Waals surface area contributed by atoms with Crippen LogP contribution in [-0.4, -0.2) is 52.2 Å². The molecule has 1 N–H and O–H groups in total. The zero-order valence-corrected chi connectivity index (χ0v) is 21.9. The van der Waals surface area contributed by atoms with Gasteiger partial charge in [-0.05, 0) is 41.1 Å². The van der Waals surface area contributed by atoms with Gasteiger partial charge in [0.25, 0.3) is 0 Å². The van der Waals surface area contributed by atoms with E-state index in [1.54, 1.807) is 28.4 Å². The smallest absolute Gasteiger partial charge is 0.246 e. The van der Waals surface area contributed by atoms with Crippen molar-refractivity contribution in [2.24, 2.45) is 0 Å². The van der Waals surface area contributed by atoms with E-state index in [1.807, 2.05) is 60.0 Å². The Bertz CT molecular complexity index is 1170. The van der Waals surface area contributed by atoms with Crippen LogP contribution in [0.5, 0.6) is 0 Å². The molecular formula is C27H27Cl2N3O3S. The van der Waals surface area contributed by atoms with Gasteiger partial charge in [0.15, 0.2) is 0 Å². The highest BCUT2D eigenvalue weighted by atomic mass is 35.5. The molecule has 0 aliphatic carbocycles. The second-order valence-electron chi connectivity index (χ2n) is 8.68. The lowest BCUT2D eigenvalue weighted by molar-refractivity contribution is -0.157. The number of nitrogens with zero attached hydrogens (tertiary/aromatic N) is 2. The van der Waals surface area contributed by atoms with Crippen LogP contribution >= 0.6 is 34.5 Å². The zero-order chi connectivity index (χ0) is 25.5. The molecule has 188 valence electrons. The number of rotatable bonds is 10. The van der Waals surface area contributed by atoms with Crippen LogP contribution in [0.1, 0.15) is 22.4 Å². The third-order valence-electron chi connectivity index (χ3n) is 6.04. The molecule has 0 spiro atoms. The minimum atomic E-state index is -0.880. The molecule has 0 bridgehead atoms. The number of benzene rings is 2. The number of carbonyl (C=O) groups excluding carboxylic acids is 3. The van der Waals surface area contributed by atoms with Gasteiger partial charge < -0.3 is 15.1 Å². The van der Waals surface area contributed by atoms with Crippen molar-refractivity contribution >= 4 is 52.3 Å². The van der Waals surface area contributed by atoms with Crippen molar-refractivity contribution in [2.45, 2.75) is 37.4 Å². The van der Waals surface area contributed by atoms with Gasteiger partial charge in [0.2, 0.25) is 17.7 Å². The first kappa shape index (κ1) is 26.2. The number of halogens is 2. The van der Waals surface area contributed by atoms with Crippen molar-refractivity contribution in [3.8, 4) is 0 Å². The lowest BCUT2D eigenvalue weighted by Gasteiger charge is -2.40. The molecule has 6 nitrogen and oxygen atoms in total. The van der Waals surface area contributed by atoms with Gasteiger partial charge in [0.1, 0.15) is 18.1 Å². The quantitative estimate of drug-likeness (QED) is 0.302. The molecule has 2 aromatic carbocycles. The van der Waals surface area contributed by atoms with Crippen molar-refractivity contribution in [1.82, 2.24) is 15.1 Å². The third kappa shape index (κ3) is 7.09. The van der Waals surface area contributed by atoms with Crippen LogP contribution in [0.4, 0.5) is 0 Å². The van der Waals surface area contributed by atoms with E-state index in [2.05, 4.69) is 5.32 Å². The second-order valence-corrected chi connectivity index (χ2v) is 10.7. The van der Waals surface area contributed by atoms with E-state index < -0.39 is 11.5 Å². The molecule has 36 heavy (non-hydrogen) atoms. The van der Waals surface area contributed by atoms with Gasteiger partial charge in [-0.2, -0.15) is 0 Å². The summed E-state index contributed by atoms with van der Waals surface area (Å²) in [6, 6.07) is 19.8. The predicted molar refractivity (Wildman–Crippen MR) is 143 cm³/mol. The normalized spacial score (nSPS) is 16.8. The number of hydrogen-bond donors (Lipinski definition) is 1. The summed E-state index contributed by atoms with van der Waals surface area (Å²) < 4.78 is 0. The fourth-order valence-corrected chi connectivity index (χ4v) is 5.36. The van der Waals surface area contributed by atoms with Gasteiger partial charge in [-0.1, -0.05) is 71.7 Å². The van der Waals surface area contributed by atoms with E-state index in [9.17, 15) is 14.4 Å². The number of piperazine rings is 1. The molecule has 2 unspecified atom stereocenters. The average molecular weight is 545 g/mol. The standard InChI is InChI=1S/C27H27Cl2N3O3S/c28-21-10-8-19(9-11-21)15-24(29)30-25(33)16-23-27(35)31(17-20-5-2-1-3-6-20)18-26(34)32(23)13-12-22-7-4-14-36-22/h1-11,14,23-24H,12-13,15-18H2,(H,30,33). The molecule has 1 fully saturated rings. The van der Waals surface area contributed by atoms with Crippen LogP contribution in [0.15, 0.2) is 72.1 Å². The summed E-state index contributed by atoms with van der Waals surface area (Å²) in [6.45, 7) is 0.680. The minimum absolute atomic E-state index is 0.00894. The number of carbonyl (C=O) groups is 3. The van der Waals surface area contributed by atoms with Gasteiger partial charge >= 0.3 is 0 Å². The number of amides is 3. The molecule has 2 heterocycles. The first-order valence-corrected chi connectivity index (χ1v) is 13.4. The molecule has 0 saturated carbocycles. The number of nitrogens with one attached hydrogen (secondary N) is 1. The fraction of sp³-hybridized carbons (Fsp3) is 0.296. The molecule has 0 radical (unpaired) electrons. The van der Waals surface area contributed by atoms with Gasteiger partial charge in [-0.15, -0.1) is 11.3 Å². The van der Waals surface area contributed by atoms with Gasteiger partial charge in [0.05, 0.1) is 6.42 Å². The summed E-state index contributed by atoms with van der Waals surface area (Å²) in [6.07, 6.45) is 0.885. The monoisotopic (exact) mass is 543 g/mol. The number of alkyl halides is 1. The maximum absolute atomic E-state index is 13.5. The lowest BCUT2D eigenvalue weighted by atomic mass is 10.0. The molecule has 2 atom stereocenters. The zero-order valence-electron chi connectivity index (χ0n) is 19.6. The van der Waals surface area contributed by atoms with Crippen molar-refractivity contribution in [2.75, 3.05) is 13.1 Å². The molecule has 1 aliphatic rings. The number of thiophene rings is 1. The summed E-state index contributed by atoms with van der Waals surface area (Å²) >= 11 is 13.9. The van der Waals surface area contributed by atoms with Crippen molar-refractivity contribution in [3.05, 3.63) is 93.1 Å². The van der Waals surface area contributed by atoms with Crippen LogP contribution in [0.3, 0.4) is 0 Å². The van der Waals surface area contributed by atoms with Gasteiger partial charge in [-0.25, -0.2) is 0 Å². The van der Waals surface area contributed by atoms with E-state index in [0.29, 0.717) is 31.0 Å². The summed E-state index contributed by atoms with van der Waals surface area (Å²) in [4.78, 5) is 43.8. The molecule has 1 aromatic heterocycles. The third-order valence-corrected chi connectivity index (χ3v) is 7.49. The van der Waals surface area contributed by atoms with Crippen molar-refractivity contribution in [3.63, 3.8) is 0 Å². The number of hydrogen-bond acceptors (Lipinski definition) is 4. The van der Waals surface area contributed by atoms with Crippen molar-refractivity contribution in [1.29, 1.82) is 0 Å². The Hall–Kier alpha value is -2.87. The topological polar surface area (TPSA) is 69.7 Å². The van der Waals surface area contributed by atoms with E-state index in [1.165, 1.54) is 4.90 Å². The molecule has 9 heteroatoms. The Balaban J connectivity index is 1.44. The van der Waals surface area contributed by atoms with E-state index in [4.69, 9.17) is 23.2 Å². The van der Waals surface area contributed by atoms with E-state index >= 15 is 0 Å². The van der Waals surface area contributed by atoms with Crippen LogP contribution in [0.25, 0.3) is 0 Å². The Morgan fingerprint density at radius 1 is 1.03 bits per heavy atom. The maximum atomic E-state index is 13.5. The van der Waals surface area contributed by atoms with E-state index in [0.717, 1.165) is 16.0 Å². The lowest BCUT2D eigenvalue weighted by Crippen LogP contribution is -2.61. The van der Waals surface area contributed by atoms with Crippen molar-refractivity contribution < 1.29 is 14.4 Å². The van der Waals surface area contributed by atoms with Crippen LogP contribution in [0.2, 0.25) is 5.02 Å². The first-order valence-electron chi connectivity index (χ1n) is 11.7. The molecule has 3 aromatic rings. The highest BCUT2D eigenvalue weighted by Crippen LogP contribution is 2.21. The Morgan fingerprint density at radius 3 is 2.47 bits per heavy atom. The van der Waals surface area contributed by atoms with Gasteiger partial charge in [-0.3, -0.25) is 14.4 Å². The summed E-state index contributed by atoms with van der Waals surface area (Å²) in [5.41, 5.74) is 1.20. The summed E-state index contributed by atoms with van der Waals surface area (Å²) in [7, 11) is 0. The Kier molecular flexibility index (Phi) is 9.02. The fourth-order valence-electron chi connectivity index (χ4n) is 4.24. The first-order chi connectivity index (χ1) is 17.4. The SMILES string of the molecule is O=C(CC1C(=O)N(Cc2ccccc2)CC(=O)N1CCc1cccs1)NC(Cl)Cc1ccc(Cl)cc1. The highest BCUT2D eigenvalue weighted by molar-refractivity contribution is 7.09. The molecule has 1 aliphatic heterocycles. The van der Waals surface area contributed by atoms with Crippen LogP contribution < -0.4 is 5.32 Å². The largest absolute Gasteiger partial charge is 0.340 e. The maximum Gasteiger partial charge on any atom is 0.246 e. The molecule has 3 amide bonds. The van der Waals surface area contributed by atoms with Crippen LogP contribution in [-0.2, 0) is 33.8 Å². The van der Waals surface area contributed by atoms with Gasteiger partial charge in [0, 0.05) is 29.4 Å². The summed E-state index contributed by atoms with van der Waals surface area (Å²) in [5.74, 6) is -0.773. The van der Waals surface area contributed by atoms with E-state index in [-0.39, 0.29) is 30.7 Å². The Labute approximate surface area is 224 Å². The highest BCUT2D eigenvalue weighted by Gasteiger charge is 2.40. The van der Waals surface area contributed by atoms with Crippen LogP contribution in [0, 0.1) is 0 Å². The molecule has 1 saturated heterocycles. The second kappa shape index (κ2) is 12.4. The minimum Gasteiger partial charge on any atom is -0.340 e. The average Bonchev–Trinajstić information content (AvgIpc) is 3.37. The molecular weight excluding hydrogens is 517 g/mol. The predicted octanol–water partition coefficient (Wildman–Crippen LogP) is 4.50. The summed E-state index contributed by atoms with van der Waals surface area (Å²) in [5, 5.41) is 5.37.